The quantitative estimate of drug-likeness (QED) is 0.778. The van der Waals surface area contributed by atoms with Crippen molar-refractivity contribution < 1.29 is 0 Å². The van der Waals surface area contributed by atoms with Crippen LogP contribution in [-0.2, 0) is 0 Å². The van der Waals surface area contributed by atoms with Gasteiger partial charge in [0.25, 0.3) is 0 Å². The molecule has 1 aromatic carbocycles. The zero-order chi connectivity index (χ0) is 13.5. The fourth-order valence-corrected chi connectivity index (χ4v) is 3.50. The minimum atomic E-state index is 0.228. The van der Waals surface area contributed by atoms with Gasteiger partial charge in [-0.15, -0.1) is 11.8 Å². The number of fused-ring (bicyclic) bond motifs is 1. The van der Waals surface area contributed by atoms with Crippen LogP contribution < -0.4 is 0 Å². The van der Waals surface area contributed by atoms with E-state index in [4.69, 9.17) is 9.98 Å². The molecular formula is C16H18N2S. The molecule has 1 aromatic heterocycles. The first-order chi connectivity index (χ1) is 9.04. The number of nitrogens with zero attached hydrogens (tertiary/aromatic N) is 2. The van der Waals surface area contributed by atoms with Crippen LogP contribution >= 0.6 is 11.8 Å². The summed E-state index contributed by atoms with van der Waals surface area (Å²) in [6.45, 7) is 6.75. The molecule has 1 atom stereocenters. The Labute approximate surface area is 118 Å². The van der Waals surface area contributed by atoms with Gasteiger partial charge in [0.1, 0.15) is 5.04 Å². The Morgan fingerprint density at radius 1 is 1.11 bits per heavy atom. The third-order valence-electron chi connectivity index (χ3n) is 3.47. The van der Waals surface area contributed by atoms with Crippen LogP contribution in [0, 0.1) is 5.41 Å². The summed E-state index contributed by atoms with van der Waals surface area (Å²) in [7, 11) is 0. The van der Waals surface area contributed by atoms with Crippen LogP contribution in [0.1, 0.15) is 26.5 Å². The molecule has 2 nitrogen and oxygen atoms in total. The molecule has 98 valence electrons. The van der Waals surface area contributed by atoms with Crippen LogP contribution in [0.25, 0.3) is 10.9 Å². The summed E-state index contributed by atoms with van der Waals surface area (Å²) in [5.41, 5.74) is 2.28. The van der Waals surface area contributed by atoms with Crippen molar-refractivity contribution in [1.29, 1.82) is 0 Å². The monoisotopic (exact) mass is 270 g/mol. The molecule has 1 aliphatic heterocycles. The maximum Gasteiger partial charge on any atom is 0.117 e. The van der Waals surface area contributed by atoms with Gasteiger partial charge in [0.2, 0.25) is 0 Å². The summed E-state index contributed by atoms with van der Waals surface area (Å²) in [5, 5.41) is 2.27. The van der Waals surface area contributed by atoms with Gasteiger partial charge in [-0.05, 0) is 17.5 Å². The van der Waals surface area contributed by atoms with Crippen molar-refractivity contribution in [2.75, 3.05) is 5.75 Å². The lowest BCUT2D eigenvalue weighted by Gasteiger charge is -2.23. The minimum Gasteiger partial charge on any atom is -0.271 e. The molecule has 2 heterocycles. The molecule has 3 heteroatoms. The summed E-state index contributed by atoms with van der Waals surface area (Å²) in [5.74, 6) is 1.06. The molecule has 19 heavy (non-hydrogen) atoms. The Balaban J connectivity index is 1.97. The van der Waals surface area contributed by atoms with Crippen LogP contribution in [0.4, 0.5) is 0 Å². The number of aliphatic imine (C=N–C) groups is 1. The minimum absolute atomic E-state index is 0.228. The van der Waals surface area contributed by atoms with Gasteiger partial charge in [0.05, 0.1) is 17.3 Å². The first-order valence-electron chi connectivity index (χ1n) is 6.61. The Bertz CT molecular complexity index is 640. The van der Waals surface area contributed by atoms with Gasteiger partial charge in [-0.2, -0.15) is 0 Å². The Morgan fingerprint density at radius 3 is 2.63 bits per heavy atom. The zero-order valence-electron chi connectivity index (χ0n) is 11.6. The van der Waals surface area contributed by atoms with Crippen LogP contribution in [0.2, 0.25) is 0 Å². The second-order valence-electron chi connectivity index (χ2n) is 6.02. The number of thioether (sulfide) groups is 1. The number of aromatic nitrogens is 1. The molecular weight excluding hydrogens is 252 g/mol. The fourth-order valence-electron chi connectivity index (χ4n) is 2.14. The third-order valence-corrected chi connectivity index (χ3v) is 4.54. The summed E-state index contributed by atoms with van der Waals surface area (Å²) >= 11 is 1.83. The summed E-state index contributed by atoms with van der Waals surface area (Å²) in [6, 6.07) is 12.8. The first-order valence-corrected chi connectivity index (χ1v) is 7.59. The van der Waals surface area contributed by atoms with Crippen molar-refractivity contribution >= 4 is 27.7 Å². The largest absolute Gasteiger partial charge is 0.271 e. The third kappa shape index (κ3) is 2.52. The van der Waals surface area contributed by atoms with Crippen molar-refractivity contribution in [3.63, 3.8) is 0 Å². The van der Waals surface area contributed by atoms with E-state index in [2.05, 4.69) is 45.0 Å². The molecule has 0 saturated heterocycles. The first kappa shape index (κ1) is 12.7. The average Bonchev–Trinajstić information content (AvgIpc) is 2.87. The van der Waals surface area contributed by atoms with E-state index >= 15 is 0 Å². The maximum atomic E-state index is 4.85. The highest BCUT2D eigenvalue weighted by molar-refractivity contribution is 8.14. The van der Waals surface area contributed by atoms with Crippen molar-refractivity contribution in [1.82, 2.24) is 4.98 Å². The molecule has 3 rings (SSSR count). The highest BCUT2D eigenvalue weighted by Crippen LogP contribution is 2.33. The van der Waals surface area contributed by atoms with Crippen molar-refractivity contribution in [2.24, 2.45) is 10.4 Å². The SMILES string of the molecule is CC(C)(C)[C@@H]1CSC(c2ccc3ccccc3n2)=N1. The Hall–Kier alpha value is -1.35. The van der Waals surface area contributed by atoms with E-state index in [1.807, 2.05) is 23.9 Å². The number of benzene rings is 1. The smallest absolute Gasteiger partial charge is 0.117 e. The summed E-state index contributed by atoms with van der Waals surface area (Å²) in [6.07, 6.45) is 0. The van der Waals surface area contributed by atoms with Gasteiger partial charge in [0, 0.05) is 11.1 Å². The second-order valence-corrected chi connectivity index (χ2v) is 7.02. The lowest BCUT2D eigenvalue weighted by molar-refractivity contribution is 0.349. The molecule has 0 radical (unpaired) electrons. The van der Waals surface area contributed by atoms with E-state index in [0.29, 0.717) is 6.04 Å². The van der Waals surface area contributed by atoms with Crippen molar-refractivity contribution in [3.05, 3.63) is 42.1 Å². The lowest BCUT2D eigenvalue weighted by atomic mass is 9.88. The topological polar surface area (TPSA) is 25.2 Å². The van der Waals surface area contributed by atoms with E-state index in [1.165, 1.54) is 5.39 Å². The van der Waals surface area contributed by atoms with Crippen LogP contribution in [-0.4, -0.2) is 21.8 Å². The molecule has 0 amide bonds. The molecule has 1 aliphatic rings. The Kier molecular flexibility index (Phi) is 3.09. The van der Waals surface area contributed by atoms with E-state index in [9.17, 15) is 0 Å². The molecule has 0 spiro atoms. The Morgan fingerprint density at radius 2 is 1.89 bits per heavy atom. The predicted octanol–water partition coefficient (Wildman–Crippen LogP) is 4.14. The molecule has 0 bridgehead atoms. The molecule has 0 saturated carbocycles. The fraction of sp³-hybridized carbons (Fsp3) is 0.375. The van der Waals surface area contributed by atoms with E-state index in [0.717, 1.165) is 22.0 Å². The van der Waals surface area contributed by atoms with Gasteiger partial charge >= 0.3 is 0 Å². The summed E-state index contributed by atoms with van der Waals surface area (Å²) < 4.78 is 0. The highest BCUT2D eigenvalue weighted by atomic mass is 32.2. The standard InChI is InChI=1S/C16H18N2S/c1-16(2,3)14-10-19-15(18-14)13-9-8-11-6-4-5-7-12(11)17-13/h4-9,14H,10H2,1-3H3/t14-/m0/s1. The molecule has 0 aliphatic carbocycles. The van der Waals surface area contributed by atoms with E-state index in [1.54, 1.807) is 0 Å². The molecule has 0 unspecified atom stereocenters. The van der Waals surface area contributed by atoms with Crippen LogP contribution in [0.3, 0.4) is 0 Å². The number of rotatable bonds is 1. The van der Waals surface area contributed by atoms with Crippen LogP contribution in [0.5, 0.6) is 0 Å². The second kappa shape index (κ2) is 4.64. The number of hydrogen-bond donors (Lipinski definition) is 0. The lowest BCUT2D eigenvalue weighted by Crippen LogP contribution is -2.24. The average molecular weight is 270 g/mol. The van der Waals surface area contributed by atoms with E-state index < -0.39 is 0 Å². The number of para-hydroxylation sites is 1. The molecule has 0 fully saturated rings. The van der Waals surface area contributed by atoms with Gasteiger partial charge in [-0.1, -0.05) is 45.0 Å². The zero-order valence-corrected chi connectivity index (χ0v) is 12.4. The normalized spacial score (nSPS) is 19.7. The van der Waals surface area contributed by atoms with Crippen molar-refractivity contribution in [2.45, 2.75) is 26.8 Å². The van der Waals surface area contributed by atoms with Gasteiger partial charge < -0.3 is 0 Å². The van der Waals surface area contributed by atoms with Gasteiger partial charge in [0.15, 0.2) is 0 Å². The van der Waals surface area contributed by atoms with E-state index in [-0.39, 0.29) is 5.41 Å². The van der Waals surface area contributed by atoms with Crippen LogP contribution in [0.15, 0.2) is 41.4 Å². The maximum absolute atomic E-state index is 4.85. The van der Waals surface area contributed by atoms with Gasteiger partial charge in [-0.3, -0.25) is 4.99 Å². The molecule has 0 N–H and O–H groups in total. The van der Waals surface area contributed by atoms with Gasteiger partial charge in [-0.25, -0.2) is 4.98 Å². The highest BCUT2D eigenvalue weighted by Gasteiger charge is 2.30. The summed E-state index contributed by atoms with van der Waals surface area (Å²) in [4.78, 5) is 9.58. The predicted molar refractivity (Wildman–Crippen MR) is 84.0 cm³/mol. The number of hydrogen-bond acceptors (Lipinski definition) is 3. The number of pyridine rings is 1. The molecule has 2 aromatic rings. The van der Waals surface area contributed by atoms with Crippen molar-refractivity contribution in [3.8, 4) is 0 Å².